The number of aliphatic imine (C=N–C) groups is 1. The lowest BCUT2D eigenvalue weighted by molar-refractivity contribution is 0.141. The molecule has 1 saturated heterocycles. The lowest BCUT2D eigenvalue weighted by Gasteiger charge is -2.35. The molecule has 0 amide bonds. The predicted molar refractivity (Wildman–Crippen MR) is 131 cm³/mol. The van der Waals surface area contributed by atoms with Crippen molar-refractivity contribution >= 4 is 40.8 Å². The van der Waals surface area contributed by atoms with E-state index in [0.717, 1.165) is 25.5 Å². The smallest absolute Gasteiger partial charge is 0.190 e. The molecule has 1 unspecified atom stereocenters. The highest BCUT2D eigenvalue weighted by molar-refractivity contribution is 14.0. The van der Waals surface area contributed by atoms with E-state index in [9.17, 15) is 0 Å². The van der Waals surface area contributed by atoms with Gasteiger partial charge in [0.25, 0.3) is 0 Å². The highest BCUT2D eigenvalue weighted by Crippen LogP contribution is 2.20. The minimum Gasteiger partial charge on any atom is -0.361 e. The van der Waals surface area contributed by atoms with Crippen molar-refractivity contribution in [1.29, 1.82) is 0 Å². The van der Waals surface area contributed by atoms with Gasteiger partial charge < -0.3 is 20.5 Å². The molecule has 1 aliphatic heterocycles. The van der Waals surface area contributed by atoms with E-state index in [4.69, 9.17) is 0 Å². The third-order valence-electron chi connectivity index (χ3n) is 5.67. The number of aromatic nitrogens is 1. The van der Waals surface area contributed by atoms with Gasteiger partial charge in [-0.15, -0.1) is 24.0 Å². The number of rotatable bonds is 6. The molecule has 6 heteroatoms. The van der Waals surface area contributed by atoms with E-state index >= 15 is 0 Å². The normalized spacial score (nSPS) is 18.3. The van der Waals surface area contributed by atoms with Gasteiger partial charge in [-0.1, -0.05) is 12.1 Å². The fourth-order valence-electron chi connectivity index (χ4n) is 4.02. The second kappa shape index (κ2) is 11.0. The molecule has 2 aromatic rings. The average molecular weight is 497 g/mol. The van der Waals surface area contributed by atoms with E-state index < -0.39 is 0 Å². The first-order valence-corrected chi connectivity index (χ1v) is 10.3. The minimum atomic E-state index is 0. The van der Waals surface area contributed by atoms with Crippen molar-refractivity contribution < 1.29 is 0 Å². The molecule has 0 radical (unpaired) electrons. The van der Waals surface area contributed by atoms with Gasteiger partial charge >= 0.3 is 0 Å². The SMILES string of the molecule is CN=C(NCCc1c[nH]c2cc(C)ccc12)NCC1CCCN(C(C)C)C1.I. The second-order valence-electron chi connectivity index (χ2n) is 8.09. The van der Waals surface area contributed by atoms with Crippen molar-refractivity contribution in [3.05, 3.63) is 35.5 Å². The summed E-state index contributed by atoms with van der Waals surface area (Å²) in [6, 6.07) is 7.24. The van der Waals surface area contributed by atoms with E-state index in [2.05, 4.69) is 70.7 Å². The summed E-state index contributed by atoms with van der Waals surface area (Å²) < 4.78 is 0. The molecule has 0 saturated carbocycles. The predicted octanol–water partition coefficient (Wildman–Crippen LogP) is 3.92. The minimum absolute atomic E-state index is 0. The summed E-state index contributed by atoms with van der Waals surface area (Å²) in [5.41, 5.74) is 3.87. The van der Waals surface area contributed by atoms with Gasteiger partial charge in [0.1, 0.15) is 0 Å². The number of halogens is 1. The summed E-state index contributed by atoms with van der Waals surface area (Å²) in [4.78, 5) is 10.4. The molecule has 1 fully saturated rings. The van der Waals surface area contributed by atoms with E-state index in [0.29, 0.717) is 12.0 Å². The molecule has 2 heterocycles. The van der Waals surface area contributed by atoms with E-state index in [1.165, 1.54) is 48.0 Å². The number of benzene rings is 1. The van der Waals surface area contributed by atoms with Crippen LogP contribution in [0.1, 0.15) is 37.8 Å². The van der Waals surface area contributed by atoms with Crippen LogP contribution < -0.4 is 10.6 Å². The maximum Gasteiger partial charge on any atom is 0.190 e. The van der Waals surface area contributed by atoms with Gasteiger partial charge in [0, 0.05) is 49.8 Å². The number of guanidine groups is 1. The third kappa shape index (κ3) is 6.11. The molecule has 28 heavy (non-hydrogen) atoms. The second-order valence-corrected chi connectivity index (χ2v) is 8.09. The first-order valence-electron chi connectivity index (χ1n) is 10.3. The average Bonchev–Trinajstić information content (AvgIpc) is 3.06. The Morgan fingerprint density at radius 1 is 1.32 bits per heavy atom. The number of nitrogens with zero attached hydrogens (tertiary/aromatic N) is 2. The molecule has 5 nitrogen and oxygen atoms in total. The number of H-pyrrole nitrogens is 1. The van der Waals surface area contributed by atoms with Crippen LogP contribution >= 0.6 is 24.0 Å². The van der Waals surface area contributed by atoms with Gasteiger partial charge in [-0.05, 0) is 69.7 Å². The molecule has 1 aromatic carbocycles. The van der Waals surface area contributed by atoms with Crippen LogP contribution in [-0.4, -0.2) is 55.1 Å². The Kier molecular flexibility index (Phi) is 9.08. The van der Waals surface area contributed by atoms with Crippen LogP contribution in [0.3, 0.4) is 0 Å². The lowest BCUT2D eigenvalue weighted by Crippen LogP contribution is -2.46. The molecular weight excluding hydrogens is 461 g/mol. The monoisotopic (exact) mass is 497 g/mol. The highest BCUT2D eigenvalue weighted by Gasteiger charge is 2.21. The quantitative estimate of drug-likeness (QED) is 0.322. The van der Waals surface area contributed by atoms with Gasteiger partial charge in [-0.3, -0.25) is 4.99 Å². The summed E-state index contributed by atoms with van der Waals surface area (Å²) in [6.07, 6.45) is 5.72. The first-order chi connectivity index (χ1) is 13.1. The Balaban J connectivity index is 0.00000280. The van der Waals surface area contributed by atoms with Crippen LogP contribution in [0.5, 0.6) is 0 Å². The first kappa shape index (κ1) is 23.0. The zero-order valence-corrected chi connectivity index (χ0v) is 20.0. The molecular formula is C22H36IN5. The van der Waals surface area contributed by atoms with Gasteiger partial charge in [0.05, 0.1) is 0 Å². The van der Waals surface area contributed by atoms with E-state index in [1.54, 1.807) is 0 Å². The molecule has 0 aliphatic carbocycles. The van der Waals surface area contributed by atoms with Crippen molar-refractivity contribution in [2.75, 3.05) is 33.2 Å². The molecule has 156 valence electrons. The number of hydrogen-bond donors (Lipinski definition) is 3. The van der Waals surface area contributed by atoms with Gasteiger partial charge in [-0.25, -0.2) is 0 Å². The van der Waals surface area contributed by atoms with Crippen molar-refractivity contribution in [1.82, 2.24) is 20.5 Å². The molecule has 1 atom stereocenters. The molecule has 3 rings (SSSR count). The Morgan fingerprint density at radius 3 is 2.89 bits per heavy atom. The summed E-state index contributed by atoms with van der Waals surface area (Å²) >= 11 is 0. The van der Waals surface area contributed by atoms with Crippen molar-refractivity contribution in [2.24, 2.45) is 10.9 Å². The van der Waals surface area contributed by atoms with Gasteiger partial charge in [0.2, 0.25) is 0 Å². The standard InChI is InChI=1S/C22H35N5.HI/c1-16(2)27-11-5-6-18(15-27)13-26-22(23-4)24-10-9-19-14-25-21-12-17(3)7-8-20(19)21;/h7-8,12,14,16,18,25H,5-6,9-11,13,15H2,1-4H3,(H2,23,24,26);1H. The molecule has 1 aliphatic rings. The third-order valence-corrected chi connectivity index (χ3v) is 5.67. The van der Waals surface area contributed by atoms with Crippen molar-refractivity contribution in [2.45, 2.75) is 46.1 Å². The number of piperidine rings is 1. The van der Waals surface area contributed by atoms with Gasteiger partial charge in [0.15, 0.2) is 5.96 Å². The molecule has 0 spiro atoms. The Morgan fingerprint density at radius 2 is 2.14 bits per heavy atom. The van der Waals surface area contributed by atoms with Crippen molar-refractivity contribution in [3.8, 4) is 0 Å². The summed E-state index contributed by atoms with van der Waals surface area (Å²) in [7, 11) is 1.85. The zero-order chi connectivity index (χ0) is 19.2. The van der Waals surface area contributed by atoms with Crippen LogP contribution in [0, 0.1) is 12.8 Å². The summed E-state index contributed by atoms with van der Waals surface area (Å²) in [5.74, 6) is 1.61. The van der Waals surface area contributed by atoms with Crippen LogP contribution in [0.15, 0.2) is 29.4 Å². The number of fused-ring (bicyclic) bond motifs is 1. The maximum absolute atomic E-state index is 4.39. The maximum atomic E-state index is 4.39. The summed E-state index contributed by atoms with van der Waals surface area (Å²) in [6.45, 7) is 11.0. The molecule has 0 bridgehead atoms. The number of nitrogens with one attached hydrogen (secondary N) is 3. The largest absolute Gasteiger partial charge is 0.361 e. The Hall–Kier alpha value is -1.28. The molecule has 3 N–H and O–H groups in total. The zero-order valence-electron chi connectivity index (χ0n) is 17.7. The van der Waals surface area contributed by atoms with Crippen LogP contribution in [0.2, 0.25) is 0 Å². The van der Waals surface area contributed by atoms with Gasteiger partial charge in [-0.2, -0.15) is 0 Å². The van der Waals surface area contributed by atoms with Crippen molar-refractivity contribution in [3.63, 3.8) is 0 Å². The Labute approximate surface area is 186 Å². The number of aromatic amines is 1. The molecule has 1 aromatic heterocycles. The van der Waals surface area contributed by atoms with Crippen LogP contribution in [-0.2, 0) is 6.42 Å². The van der Waals surface area contributed by atoms with E-state index in [1.807, 2.05) is 7.05 Å². The van der Waals surface area contributed by atoms with Crippen LogP contribution in [0.4, 0.5) is 0 Å². The fraction of sp³-hybridized carbons (Fsp3) is 0.591. The van der Waals surface area contributed by atoms with Crippen LogP contribution in [0.25, 0.3) is 10.9 Å². The fourth-order valence-corrected chi connectivity index (χ4v) is 4.02. The number of aryl methyl sites for hydroxylation is 1. The lowest BCUT2D eigenvalue weighted by atomic mass is 9.97. The number of likely N-dealkylation sites (tertiary alicyclic amines) is 1. The topological polar surface area (TPSA) is 55.5 Å². The van der Waals surface area contributed by atoms with E-state index in [-0.39, 0.29) is 24.0 Å². The highest BCUT2D eigenvalue weighted by atomic mass is 127. The Bertz CT molecular complexity index is 767. The number of hydrogen-bond acceptors (Lipinski definition) is 2. The summed E-state index contributed by atoms with van der Waals surface area (Å²) in [5, 5.41) is 8.32.